The molecule has 0 radical (unpaired) electrons. The molecule has 1 aliphatic rings. The molecule has 0 spiro atoms. The maximum atomic E-state index is 12.0. The molecule has 5 nitrogen and oxygen atoms in total. The molecule has 0 saturated carbocycles. The van der Waals surface area contributed by atoms with Crippen molar-refractivity contribution in [2.45, 2.75) is 19.4 Å². The number of piperazine rings is 1. The third kappa shape index (κ3) is 3.77. The van der Waals surface area contributed by atoms with Crippen molar-refractivity contribution in [3.8, 4) is 0 Å². The third-order valence-corrected chi connectivity index (χ3v) is 2.51. The maximum Gasteiger partial charge on any atom is 0.241 e. The summed E-state index contributed by atoms with van der Waals surface area (Å²) in [4.78, 5) is 13.7. The predicted octanol–water partition coefficient (Wildman–Crippen LogP) is -1.22. The van der Waals surface area contributed by atoms with Crippen molar-refractivity contribution in [3.63, 3.8) is 0 Å². The maximum absolute atomic E-state index is 12.0. The number of amides is 1. The van der Waals surface area contributed by atoms with Gasteiger partial charge in [0.15, 0.2) is 0 Å². The molecule has 88 valence electrons. The average molecular weight is 215 g/mol. The van der Waals surface area contributed by atoms with Crippen LogP contribution in [0, 0.1) is 0 Å². The standard InChI is InChI=1S/C10H21N3O2/c1-2-5-13(6-7-14)10(15)9-8-11-3-4-12-9/h9,11-12,14H,2-8H2,1H3. The topological polar surface area (TPSA) is 64.6 Å². The van der Waals surface area contributed by atoms with E-state index in [0.717, 1.165) is 26.1 Å². The lowest BCUT2D eigenvalue weighted by atomic mass is 10.2. The minimum absolute atomic E-state index is 0.0336. The minimum Gasteiger partial charge on any atom is -0.395 e. The van der Waals surface area contributed by atoms with Gasteiger partial charge in [-0.1, -0.05) is 6.92 Å². The second-order valence-electron chi connectivity index (χ2n) is 3.76. The molecule has 1 amide bonds. The summed E-state index contributed by atoms with van der Waals surface area (Å²) in [6.07, 6.45) is 0.923. The molecule has 0 aromatic rings. The van der Waals surface area contributed by atoms with Gasteiger partial charge in [-0.2, -0.15) is 0 Å². The van der Waals surface area contributed by atoms with E-state index < -0.39 is 0 Å². The first-order chi connectivity index (χ1) is 7.29. The molecule has 1 unspecified atom stereocenters. The van der Waals surface area contributed by atoms with Crippen molar-refractivity contribution >= 4 is 5.91 Å². The number of nitrogens with zero attached hydrogens (tertiary/aromatic N) is 1. The summed E-state index contributed by atoms with van der Waals surface area (Å²) < 4.78 is 0. The Bertz CT molecular complexity index is 187. The molecule has 1 aliphatic heterocycles. The third-order valence-electron chi connectivity index (χ3n) is 2.51. The van der Waals surface area contributed by atoms with Gasteiger partial charge in [0.2, 0.25) is 5.91 Å². The largest absolute Gasteiger partial charge is 0.395 e. The molecule has 1 rings (SSSR count). The van der Waals surface area contributed by atoms with E-state index >= 15 is 0 Å². The minimum atomic E-state index is -0.128. The lowest BCUT2D eigenvalue weighted by molar-refractivity contribution is -0.134. The Hall–Kier alpha value is -0.650. The fourth-order valence-corrected chi connectivity index (χ4v) is 1.77. The molecule has 0 bridgehead atoms. The number of carbonyl (C=O) groups excluding carboxylic acids is 1. The summed E-state index contributed by atoms with van der Waals surface area (Å²) in [6, 6.07) is -0.128. The highest BCUT2D eigenvalue weighted by Crippen LogP contribution is 1.98. The van der Waals surface area contributed by atoms with Crippen molar-refractivity contribution in [3.05, 3.63) is 0 Å². The van der Waals surface area contributed by atoms with Crippen LogP contribution < -0.4 is 10.6 Å². The van der Waals surface area contributed by atoms with Gasteiger partial charge in [-0.15, -0.1) is 0 Å². The molecule has 0 aromatic carbocycles. The van der Waals surface area contributed by atoms with Crippen LogP contribution in [0.4, 0.5) is 0 Å². The first-order valence-corrected chi connectivity index (χ1v) is 5.63. The summed E-state index contributed by atoms with van der Waals surface area (Å²) in [5.41, 5.74) is 0. The predicted molar refractivity (Wildman–Crippen MR) is 58.6 cm³/mol. The van der Waals surface area contributed by atoms with E-state index in [4.69, 9.17) is 5.11 Å². The smallest absolute Gasteiger partial charge is 0.241 e. The molecule has 1 saturated heterocycles. The van der Waals surface area contributed by atoms with Gasteiger partial charge in [0, 0.05) is 32.7 Å². The van der Waals surface area contributed by atoms with Gasteiger partial charge in [0.1, 0.15) is 0 Å². The van der Waals surface area contributed by atoms with E-state index in [1.54, 1.807) is 4.90 Å². The number of rotatable bonds is 5. The number of nitrogens with one attached hydrogen (secondary N) is 2. The fourth-order valence-electron chi connectivity index (χ4n) is 1.77. The quantitative estimate of drug-likeness (QED) is 0.538. The highest BCUT2D eigenvalue weighted by Gasteiger charge is 2.24. The van der Waals surface area contributed by atoms with Crippen LogP contribution in [0.15, 0.2) is 0 Å². The molecular formula is C10H21N3O2. The Morgan fingerprint density at radius 2 is 2.27 bits per heavy atom. The first-order valence-electron chi connectivity index (χ1n) is 5.63. The van der Waals surface area contributed by atoms with E-state index in [1.165, 1.54) is 0 Å². The van der Waals surface area contributed by atoms with E-state index in [2.05, 4.69) is 10.6 Å². The second kappa shape index (κ2) is 6.76. The van der Waals surface area contributed by atoms with Crippen LogP contribution in [0.5, 0.6) is 0 Å². The molecule has 1 heterocycles. The van der Waals surface area contributed by atoms with E-state index in [1.807, 2.05) is 6.92 Å². The van der Waals surface area contributed by atoms with Gasteiger partial charge in [0.25, 0.3) is 0 Å². The lowest BCUT2D eigenvalue weighted by Crippen LogP contribution is -2.57. The van der Waals surface area contributed by atoms with E-state index in [0.29, 0.717) is 13.1 Å². The second-order valence-corrected chi connectivity index (χ2v) is 3.76. The lowest BCUT2D eigenvalue weighted by Gasteiger charge is -2.29. The van der Waals surface area contributed by atoms with Crippen LogP contribution >= 0.6 is 0 Å². The summed E-state index contributed by atoms with van der Waals surface area (Å²) in [7, 11) is 0. The van der Waals surface area contributed by atoms with Crippen molar-refractivity contribution in [1.82, 2.24) is 15.5 Å². The SMILES string of the molecule is CCCN(CCO)C(=O)C1CNCCN1. The Morgan fingerprint density at radius 3 is 2.80 bits per heavy atom. The average Bonchev–Trinajstić information content (AvgIpc) is 2.29. The molecule has 0 aliphatic carbocycles. The molecule has 1 atom stereocenters. The number of hydrogen-bond acceptors (Lipinski definition) is 4. The van der Waals surface area contributed by atoms with Crippen LogP contribution in [0.25, 0.3) is 0 Å². The van der Waals surface area contributed by atoms with Crippen molar-refractivity contribution in [2.75, 3.05) is 39.3 Å². The Kier molecular flexibility index (Phi) is 5.60. The van der Waals surface area contributed by atoms with Crippen molar-refractivity contribution < 1.29 is 9.90 Å². The summed E-state index contributed by atoms with van der Waals surface area (Å²) in [5, 5.41) is 15.2. The molecule has 3 N–H and O–H groups in total. The fraction of sp³-hybridized carbons (Fsp3) is 0.900. The highest BCUT2D eigenvalue weighted by atomic mass is 16.3. The van der Waals surface area contributed by atoms with Gasteiger partial charge in [-0.25, -0.2) is 0 Å². The monoisotopic (exact) mass is 215 g/mol. The summed E-state index contributed by atoms with van der Waals surface area (Å²) in [5.74, 6) is 0.0955. The number of carbonyl (C=O) groups is 1. The van der Waals surface area contributed by atoms with Crippen LogP contribution in [0.1, 0.15) is 13.3 Å². The highest BCUT2D eigenvalue weighted by molar-refractivity contribution is 5.82. The molecule has 1 fully saturated rings. The van der Waals surface area contributed by atoms with Crippen LogP contribution in [0.3, 0.4) is 0 Å². The Labute approximate surface area is 90.8 Å². The van der Waals surface area contributed by atoms with Gasteiger partial charge in [-0.3, -0.25) is 4.79 Å². The number of aliphatic hydroxyl groups is 1. The molecular weight excluding hydrogens is 194 g/mol. The van der Waals surface area contributed by atoms with Gasteiger partial charge in [-0.05, 0) is 6.42 Å². The van der Waals surface area contributed by atoms with E-state index in [9.17, 15) is 4.79 Å². The summed E-state index contributed by atoms with van der Waals surface area (Å²) >= 11 is 0. The Balaban J connectivity index is 2.45. The number of hydrogen-bond donors (Lipinski definition) is 3. The van der Waals surface area contributed by atoms with Crippen molar-refractivity contribution in [2.24, 2.45) is 0 Å². The zero-order valence-electron chi connectivity index (χ0n) is 9.33. The molecule has 5 heteroatoms. The zero-order valence-corrected chi connectivity index (χ0v) is 9.33. The van der Waals surface area contributed by atoms with Crippen LogP contribution in [0.2, 0.25) is 0 Å². The number of aliphatic hydroxyl groups excluding tert-OH is 1. The van der Waals surface area contributed by atoms with Gasteiger partial charge >= 0.3 is 0 Å². The molecule has 15 heavy (non-hydrogen) atoms. The Morgan fingerprint density at radius 1 is 1.47 bits per heavy atom. The van der Waals surface area contributed by atoms with Gasteiger partial charge in [0.05, 0.1) is 12.6 Å². The van der Waals surface area contributed by atoms with Crippen LogP contribution in [-0.2, 0) is 4.79 Å². The van der Waals surface area contributed by atoms with Crippen LogP contribution in [-0.4, -0.2) is 61.3 Å². The van der Waals surface area contributed by atoms with Gasteiger partial charge < -0.3 is 20.6 Å². The molecule has 0 aromatic heterocycles. The summed E-state index contributed by atoms with van der Waals surface area (Å²) in [6.45, 7) is 5.65. The first kappa shape index (κ1) is 12.4. The normalized spacial score (nSPS) is 21.3. The van der Waals surface area contributed by atoms with E-state index in [-0.39, 0.29) is 18.6 Å². The zero-order chi connectivity index (χ0) is 11.1. The van der Waals surface area contributed by atoms with Crippen molar-refractivity contribution in [1.29, 1.82) is 0 Å².